The number of halogens is 3. The molecule has 3 rings (SSSR count). The summed E-state index contributed by atoms with van der Waals surface area (Å²) in [6, 6.07) is 7.52. The number of hydrogen-bond donors (Lipinski definition) is 0. The first kappa shape index (κ1) is 17.4. The summed E-state index contributed by atoms with van der Waals surface area (Å²) in [5.41, 5.74) is -1.87. The number of hydrogen-bond acceptors (Lipinski definition) is 3. The Labute approximate surface area is 144 Å². The molecule has 132 valence electrons. The molecule has 0 N–H and O–H groups in total. The van der Waals surface area contributed by atoms with Gasteiger partial charge < -0.3 is 4.57 Å². The van der Waals surface area contributed by atoms with Crippen LogP contribution in [-0.4, -0.2) is 14.9 Å². The molecule has 26 heavy (non-hydrogen) atoms. The van der Waals surface area contributed by atoms with Gasteiger partial charge in [-0.1, -0.05) is 0 Å². The lowest BCUT2D eigenvalue weighted by Crippen LogP contribution is -2.41. The zero-order valence-corrected chi connectivity index (χ0v) is 13.2. The Kier molecular flexibility index (Phi) is 4.57. The molecule has 0 aliphatic rings. The third kappa shape index (κ3) is 3.34. The van der Waals surface area contributed by atoms with Gasteiger partial charge in [0.2, 0.25) is 0 Å². The van der Waals surface area contributed by atoms with Crippen LogP contribution in [0.5, 0.6) is 0 Å². The molecule has 0 amide bonds. The van der Waals surface area contributed by atoms with E-state index in [0.29, 0.717) is 0 Å². The summed E-state index contributed by atoms with van der Waals surface area (Å²) >= 11 is 0. The van der Waals surface area contributed by atoms with Crippen molar-refractivity contribution >= 4 is 5.78 Å². The number of benzene rings is 2. The van der Waals surface area contributed by atoms with Gasteiger partial charge in [-0.3, -0.25) is 19.0 Å². The molecule has 5 nitrogen and oxygen atoms in total. The summed E-state index contributed by atoms with van der Waals surface area (Å²) in [6.45, 7) is -0.418. The van der Waals surface area contributed by atoms with Gasteiger partial charge in [0.25, 0.3) is 0 Å². The Morgan fingerprint density at radius 3 is 2.19 bits per heavy atom. The Balaban J connectivity index is 1.93. The lowest BCUT2D eigenvalue weighted by Gasteiger charge is -2.09. The molecule has 0 aliphatic carbocycles. The van der Waals surface area contributed by atoms with Gasteiger partial charge in [-0.2, -0.15) is 0 Å². The maximum Gasteiger partial charge on any atom is 0.320 e. The minimum Gasteiger partial charge on any atom is -0.301 e. The molecule has 8 heteroatoms. The van der Waals surface area contributed by atoms with Crippen molar-refractivity contribution in [3.63, 3.8) is 0 Å². The van der Waals surface area contributed by atoms with Crippen LogP contribution >= 0.6 is 0 Å². The van der Waals surface area contributed by atoms with E-state index >= 15 is 0 Å². The fourth-order valence-corrected chi connectivity index (χ4v) is 2.35. The zero-order chi connectivity index (χ0) is 18.8. The Morgan fingerprint density at radius 2 is 1.54 bits per heavy atom. The van der Waals surface area contributed by atoms with E-state index in [1.54, 1.807) is 0 Å². The number of carbonyl (C=O) groups excluding carboxylic acids is 1. The second kappa shape index (κ2) is 6.83. The maximum atomic E-state index is 13.3. The average Bonchev–Trinajstić information content (AvgIpc) is 2.62. The molecule has 0 bridgehead atoms. The molecule has 0 saturated carbocycles. The van der Waals surface area contributed by atoms with Gasteiger partial charge in [0, 0.05) is 24.0 Å². The van der Waals surface area contributed by atoms with Gasteiger partial charge in [-0.25, -0.2) is 13.2 Å². The van der Waals surface area contributed by atoms with Gasteiger partial charge in [-0.05, 0) is 36.4 Å². The smallest absolute Gasteiger partial charge is 0.301 e. The second-order valence-corrected chi connectivity index (χ2v) is 5.43. The molecule has 0 fully saturated rings. The SMILES string of the molecule is O=C(Cn1ccn(-c2ccc(F)c(F)c2)c(=O)c1=O)c1ccc(F)cc1. The number of nitrogens with zero attached hydrogens (tertiary/aromatic N) is 2. The number of ketones is 1. The van der Waals surface area contributed by atoms with E-state index in [-0.39, 0.29) is 11.3 Å². The van der Waals surface area contributed by atoms with Crippen molar-refractivity contribution < 1.29 is 18.0 Å². The van der Waals surface area contributed by atoms with Crippen LogP contribution in [0.2, 0.25) is 0 Å². The van der Waals surface area contributed by atoms with Gasteiger partial charge in [-0.15, -0.1) is 0 Å². The van der Waals surface area contributed by atoms with Gasteiger partial charge in [0.05, 0.1) is 12.2 Å². The second-order valence-electron chi connectivity index (χ2n) is 5.43. The van der Waals surface area contributed by atoms with Crippen LogP contribution in [0.3, 0.4) is 0 Å². The summed E-state index contributed by atoms with van der Waals surface area (Å²) in [7, 11) is 0. The molecule has 3 aromatic rings. The molecule has 0 saturated heterocycles. The number of rotatable bonds is 4. The third-order valence-corrected chi connectivity index (χ3v) is 3.72. The zero-order valence-electron chi connectivity index (χ0n) is 13.2. The molecule has 2 aromatic carbocycles. The van der Waals surface area contributed by atoms with Crippen molar-refractivity contribution in [2.75, 3.05) is 0 Å². The Bertz CT molecular complexity index is 1100. The Morgan fingerprint density at radius 1 is 0.846 bits per heavy atom. The summed E-state index contributed by atoms with van der Waals surface area (Å²) in [6.07, 6.45) is 2.36. The van der Waals surface area contributed by atoms with Crippen molar-refractivity contribution in [3.8, 4) is 5.69 Å². The van der Waals surface area contributed by atoms with E-state index in [2.05, 4.69) is 0 Å². The van der Waals surface area contributed by atoms with Gasteiger partial charge in [0.15, 0.2) is 17.4 Å². The van der Waals surface area contributed by atoms with Crippen LogP contribution in [0.4, 0.5) is 13.2 Å². The lowest BCUT2D eigenvalue weighted by atomic mass is 10.1. The summed E-state index contributed by atoms with van der Waals surface area (Å²) in [5.74, 6) is -3.24. The largest absolute Gasteiger partial charge is 0.320 e. The summed E-state index contributed by atoms with van der Waals surface area (Å²) < 4.78 is 41.0. The molecular formula is C18H11F3N2O3. The van der Waals surface area contributed by atoms with E-state index in [0.717, 1.165) is 39.5 Å². The predicted octanol–water partition coefficient (Wildman–Crippen LogP) is 2.30. The van der Waals surface area contributed by atoms with Crippen molar-refractivity contribution in [1.82, 2.24) is 9.13 Å². The van der Waals surface area contributed by atoms with Crippen LogP contribution in [0.15, 0.2) is 64.4 Å². The molecule has 0 radical (unpaired) electrons. The fraction of sp³-hybridized carbons (Fsp3) is 0.0556. The molecule has 1 aromatic heterocycles. The monoisotopic (exact) mass is 360 g/mol. The van der Waals surface area contributed by atoms with Crippen LogP contribution in [0.1, 0.15) is 10.4 Å². The van der Waals surface area contributed by atoms with Crippen molar-refractivity contribution in [2.45, 2.75) is 6.54 Å². The number of aromatic nitrogens is 2. The summed E-state index contributed by atoms with van der Waals surface area (Å²) in [4.78, 5) is 36.5. The van der Waals surface area contributed by atoms with Gasteiger partial charge >= 0.3 is 11.1 Å². The highest BCUT2D eigenvalue weighted by molar-refractivity contribution is 5.95. The van der Waals surface area contributed by atoms with E-state index < -0.39 is 40.9 Å². The minimum atomic E-state index is -1.16. The fourth-order valence-electron chi connectivity index (χ4n) is 2.35. The maximum absolute atomic E-state index is 13.3. The number of Topliss-reactive ketones (excluding diaryl/α,β-unsaturated/α-hetero) is 1. The van der Waals surface area contributed by atoms with Crippen molar-refractivity contribution in [1.29, 1.82) is 0 Å². The van der Waals surface area contributed by atoms with E-state index in [1.165, 1.54) is 24.5 Å². The molecule has 0 aliphatic heterocycles. The molecule has 0 unspecified atom stereocenters. The molecule has 0 spiro atoms. The quantitative estimate of drug-likeness (QED) is 0.530. The molecular weight excluding hydrogens is 349 g/mol. The lowest BCUT2D eigenvalue weighted by molar-refractivity contribution is 0.0970. The van der Waals surface area contributed by atoms with Crippen LogP contribution in [0, 0.1) is 17.5 Å². The number of carbonyl (C=O) groups is 1. The first-order valence-electron chi connectivity index (χ1n) is 7.43. The van der Waals surface area contributed by atoms with Crippen LogP contribution < -0.4 is 11.1 Å². The standard InChI is InChI=1S/C18H11F3N2O3/c19-12-3-1-11(2-4-12)16(24)10-22-7-8-23(18(26)17(22)25)13-5-6-14(20)15(21)9-13/h1-9H,10H2. The average molecular weight is 360 g/mol. The van der Waals surface area contributed by atoms with Crippen molar-refractivity contribution in [3.05, 3.63) is 98.6 Å². The highest BCUT2D eigenvalue weighted by Crippen LogP contribution is 2.11. The van der Waals surface area contributed by atoms with Gasteiger partial charge in [0.1, 0.15) is 5.82 Å². The molecule has 0 atom stereocenters. The Hall–Kier alpha value is -3.42. The predicted molar refractivity (Wildman–Crippen MR) is 86.9 cm³/mol. The topological polar surface area (TPSA) is 61.1 Å². The van der Waals surface area contributed by atoms with Crippen LogP contribution in [0.25, 0.3) is 5.69 Å². The molecule has 1 heterocycles. The minimum absolute atomic E-state index is 0.0250. The normalized spacial score (nSPS) is 10.7. The van der Waals surface area contributed by atoms with E-state index in [9.17, 15) is 27.6 Å². The first-order chi connectivity index (χ1) is 12.4. The first-order valence-corrected chi connectivity index (χ1v) is 7.43. The highest BCUT2D eigenvalue weighted by Gasteiger charge is 2.13. The third-order valence-electron chi connectivity index (χ3n) is 3.72. The summed E-state index contributed by atoms with van der Waals surface area (Å²) in [5, 5.41) is 0. The van der Waals surface area contributed by atoms with Crippen LogP contribution in [-0.2, 0) is 6.54 Å². The van der Waals surface area contributed by atoms with Crippen molar-refractivity contribution in [2.24, 2.45) is 0 Å². The van der Waals surface area contributed by atoms with E-state index in [1.807, 2.05) is 0 Å². The highest BCUT2D eigenvalue weighted by atomic mass is 19.2. The van der Waals surface area contributed by atoms with E-state index in [4.69, 9.17) is 0 Å².